The molecule has 1 fully saturated rings. The van der Waals surface area contributed by atoms with Crippen LogP contribution in [0.5, 0.6) is 17.2 Å². The highest BCUT2D eigenvalue weighted by Gasteiger charge is 2.45. The molecule has 0 aliphatic carbocycles. The summed E-state index contributed by atoms with van der Waals surface area (Å²) in [6.45, 7) is 0.920. The van der Waals surface area contributed by atoms with Crippen LogP contribution in [0.4, 0.5) is 0 Å². The lowest BCUT2D eigenvalue weighted by Crippen LogP contribution is -2.52. The molecule has 2 aliphatic rings. The maximum absolute atomic E-state index is 12.9. The molecule has 2 heterocycles. The topological polar surface area (TPSA) is 65.1 Å². The standard InChI is InChI=1S/C22H21Cl2NO5/c1-28-14-10-18(29-2)20-17(26)12-22(30-19(20)11-14)5-7-25(8-6-22)21(27)15-4-3-13(23)9-16(15)24/h3-4,9-11H,5-8,12H2,1-2H3. The first-order valence-electron chi connectivity index (χ1n) is 9.58. The highest BCUT2D eigenvalue weighted by atomic mass is 35.5. The average Bonchev–Trinajstić information content (AvgIpc) is 2.72. The Morgan fingerprint density at radius 2 is 1.83 bits per heavy atom. The van der Waals surface area contributed by atoms with E-state index in [0.717, 1.165) is 0 Å². The van der Waals surface area contributed by atoms with Gasteiger partial charge in [0.1, 0.15) is 28.4 Å². The molecule has 0 unspecified atom stereocenters. The molecular formula is C22H21Cl2NO5. The van der Waals surface area contributed by atoms with Crippen molar-refractivity contribution in [3.05, 3.63) is 51.5 Å². The number of carbonyl (C=O) groups excluding carboxylic acids is 2. The average molecular weight is 450 g/mol. The van der Waals surface area contributed by atoms with E-state index in [1.807, 2.05) is 0 Å². The molecule has 0 saturated carbocycles. The van der Waals surface area contributed by atoms with E-state index in [0.29, 0.717) is 64.4 Å². The van der Waals surface area contributed by atoms with E-state index in [2.05, 4.69) is 0 Å². The van der Waals surface area contributed by atoms with Gasteiger partial charge in [-0.2, -0.15) is 0 Å². The lowest BCUT2D eigenvalue weighted by atomic mass is 9.82. The van der Waals surface area contributed by atoms with Crippen LogP contribution in [0.2, 0.25) is 10.0 Å². The molecule has 1 amide bonds. The van der Waals surface area contributed by atoms with Crippen molar-refractivity contribution in [1.82, 2.24) is 4.90 Å². The Labute approximate surface area is 184 Å². The van der Waals surface area contributed by atoms with Gasteiger partial charge in [0.15, 0.2) is 5.78 Å². The van der Waals surface area contributed by atoms with Crippen LogP contribution in [0.15, 0.2) is 30.3 Å². The summed E-state index contributed by atoms with van der Waals surface area (Å²) in [5, 5.41) is 0.804. The largest absolute Gasteiger partial charge is 0.496 e. The zero-order valence-electron chi connectivity index (χ0n) is 16.7. The van der Waals surface area contributed by atoms with Crippen LogP contribution in [0.1, 0.15) is 40.0 Å². The van der Waals surface area contributed by atoms with Gasteiger partial charge >= 0.3 is 0 Å². The number of halogens is 2. The van der Waals surface area contributed by atoms with Gasteiger partial charge in [0, 0.05) is 43.1 Å². The SMILES string of the molecule is COc1cc(OC)c2c(c1)OC1(CCN(C(=O)c3ccc(Cl)cc3Cl)CC1)CC2=O. The molecule has 2 aromatic rings. The summed E-state index contributed by atoms with van der Waals surface area (Å²) in [5.41, 5.74) is 0.204. The number of nitrogens with zero attached hydrogens (tertiary/aromatic N) is 1. The van der Waals surface area contributed by atoms with E-state index in [1.165, 1.54) is 7.11 Å². The van der Waals surface area contributed by atoms with Gasteiger partial charge in [0.25, 0.3) is 5.91 Å². The highest BCUT2D eigenvalue weighted by molar-refractivity contribution is 6.36. The lowest BCUT2D eigenvalue weighted by molar-refractivity contribution is -0.00609. The zero-order chi connectivity index (χ0) is 21.5. The number of benzene rings is 2. The molecule has 0 bridgehead atoms. The molecule has 8 heteroatoms. The molecule has 6 nitrogen and oxygen atoms in total. The molecule has 0 aromatic heterocycles. The Hall–Kier alpha value is -2.44. The summed E-state index contributed by atoms with van der Waals surface area (Å²) in [6.07, 6.45) is 1.32. The molecule has 0 atom stereocenters. The first-order chi connectivity index (χ1) is 14.4. The van der Waals surface area contributed by atoms with E-state index in [9.17, 15) is 9.59 Å². The predicted octanol–water partition coefficient (Wildman–Crippen LogP) is 4.65. The number of amides is 1. The molecule has 1 spiro atoms. The third-order valence-electron chi connectivity index (χ3n) is 5.71. The molecule has 4 rings (SSSR count). The Balaban J connectivity index is 1.54. The maximum atomic E-state index is 12.9. The summed E-state index contributed by atoms with van der Waals surface area (Å²) in [6, 6.07) is 8.22. The number of methoxy groups -OCH3 is 2. The zero-order valence-corrected chi connectivity index (χ0v) is 18.2. The highest BCUT2D eigenvalue weighted by Crippen LogP contribution is 2.45. The molecule has 30 heavy (non-hydrogen) atoms. The normalized spacial score (nSPS) is 17.3. The van der Waals surface area contributed by atoms with Gasteiger partial charge in [-0.25, -0.2) is 0 Å². The van der Waals surface area contributed by atoms with Crippen molar-refractivity contribution >= 4 is 34.9 Å². The molecule has 1 saturated heterocycles. The van der Waals surface area contributed by atoms with Gasteiger partial charge in [-0.05, 0) is 18.2 Å². The van der Waals surface area contributed by atoms with E-state index < -0.39 is 5.60 Å². The van der Waals surface area contributed by atoms with Gasteiger partial charge in [-0.3, -0.25) is 9.59 Å². The van der Waals surface area contributed by atoms with Crippen LogP contribution in [0, 0.1) is 0 Å². The number of ketones is 1. The number of ether oxygens (including phenoxy) is 3. The van der Waals surface area contributed by atoms with Gasteiger partial charge < -0.3 is 19.1 Å². The van der Waals surface area contributed by atoms with Crippen molar-refractivity contribution in [3.63, 3.8) is 0 Å². The quantitative estimate of drug-likeness (QED) is 0.681. The number of hydrogen-bond acceptors (Lipinski definition) is 5. The minimum absolute atomic E-state index is 0.0312. The molecule has 2 aromatic carbocycles. The van der Waals surface area contributed by atoms with Crippen molar-refractivity contribution in [2.24, 2.45) is 0 Å². The minimum Gasteiger partial charge on any atom is -0.496 e. The maximum Gasteiger partial charge on any atom is 0.255 e. The number of hydrogen-bond donors (Lipinski definition) is 0. The summed E-state index contributed by atoms with van der Waals surface area (Å²) < 4.78 is 17.0. The monoisotopic (exact) mass is 449 g/mol. The van der Waals surface area contributed by atoms with Crippen LogP contribution >= 0.6 is 23.2 Å². The number of rotatable bonds is 3. The van der Waals surface area contributed by atoms with Gasteiger partial charge in [-0.1, -0.05) is 23.2 Å². The van der Waals surface area contributed by atoms with Crippen LogP contribution in [-0.2, 0) is 0 Å². The minimum atomic E-state index is -0.651. The second-order valence-electron chi connectivity index (χ2n) is 7.50. The van der Waals surface area contributed by atoms with Gasteiger partial charge in [0.2, 0.25) is 0 Å². The molecular weight excluding hydrogens is 429 g/mol. The third-order valence-corrected chi connectivity index (χ3v) is 6.25. The van der Waals surface area contributed by atoms with Gasteiger partial charge in [-0.15, -0.1) is 0 Å². The fourth-order valence-electron chi connectivity index (χ4n) is 4.08. The number of piperidine rings is 1. The molecule has 2 aliphatic heterocycles. The van der Waals surface area contributed by atoms with E-state index in [1.54, 1.807) is 42.3 Å². The smallest absolute Gasteiger partial charge is 0.255 e. The third kappa shape index (κ3) is 3.70. The predicted molar refractivity (Wildman–Crippen MR) is 113 cm³/mol. The summed E-state index contributed by atoms with van der Waals surface area (Å²) in [7, 11) is 3.06. The van der Waals surface area contributed by atoms with Crippen LogP contribution in [0.25, 0.3) is 0 Å². The Morgan fingerprint density at radius 3 is 2.47 bits per heavy atom. The fourth-order valence-corrected chi connectivity index (χ4v) is 4.57. The van der Waals surface area contributed by atoms with Crippen LogP contribution < -0.4 is 14.2 Å². The lowest BCUT2D eigenvalue weighted by Gasteiger charge is -2.44. The molecule has 0 N–H and O–H groups in total. The first kappa shape index (κ1) is 20.8. The van der Waals surface area contributed by atoms with E-state index >= 15 is 0 Å². The van der Waals surface area contributed by atoms with Crippen LogP contribution in [-0.4, -0.2) is 49.5 Å². The first-order valence-corrected chi connectivity index (χ1v) is 10.3. The molecule has 0 radical (unpaired) electrons. The number of carbonyl (C=O) groups is 2. The van der Waals surface area contributed by atoms with Crippen molar-refractivity contribution in [2.75, 3.05) is 27.3 Å². The summed E-state index contributed by atoms with van der Waals surface area (Å²) >= 11 is 12.1. The Kier molecular flexibility index (Phi) is 5.55. The number of likely N-dealkylation sites (tertiary alicyclic amines) is 1. The Bertz CT molecular complexity index is 1010. The summed E-state index contributed by atoms with van der Waals surface area (Å²) in [4.78, 5) is 27.6. The van der Waals surface area contributed by atoms with Gasteiger partial charge in [0.05, 0.1) is 31.2 Å². The van der Waals surface area contributed by atoms with Crippen molar-refractivity contribution in [3.8, 4) is 17.2 Å². The summed E-state index contributed by atoms with van der Waals surface area (Å²) in [5.74, 6) is 1.27. The molecule has 158 valence electrons. The van der Waals surface area contributed by atoms with E-state index in [-0.39, 0.29) is 18.1 Å². The number of Topliss-reactive ketones (excluding diaryl/α,β-unsaturated/α-hetero) is 1. The number of fused-ring (bicyclic) bond motifs is 1. The van der Waals surface area contributed by atoms with Crippen molar-refractivity contribution in [2.45, 2.75) is 24.9 Å². The fraction of sp³-hybridized carbons (Fsp3) is 0.364. The van der Waals surface area contributed by atoms with Crippen molar-refractivity contribution < 1.29 is 23.8 Å². The van der Waals surface area contributed by atoms with Crippen LogP contribution in [0.3, 0.4) is 0 Å². The second-order valence-corrected chi connectivity index (χ2v) is 8.35. The Morgan fingerprint density at radius 1 is 1.10 bits per heavy atom. The second kappa shape index (κ2) is 8.00. The van der Waals surface area contributed by atoms with E-state index in [4.69, 9.17) is 37.4 Å². The van der Waals surface area contributed by atoms with Crippen molar-refractivity contribution in [1.29, 1.82) is 0 Å².